The summed E-state index contributed by atoms with van der Waals surface area (Å²) in [5.74, 6) is 0.609. The van der Waals surface area contributed by atoms with Crippen molar-refractivity contribution >= 4 is 15.9 Å². The average Bonchev–Trinajstić information content (AvgIpc) is 1.90. The minimum atomic E-state index is 0.609. The predicted molar refractivity (Wildman–Crippen MR) is 40.2 cm³/mol. The van der Waals surface area contributed by atoms with E-state index in [-0.39, 0.29) is 0 Å². The summed E-state index contributed by atoms with van der Waals surface area (Å²) in [6, 6.07) is 0. The molecular weight excluding hydrogens is 184 g/mol. The molecule has 0 bridgehead atoms. The standard InChI is InChI=1S/C6H11BrO2/c1-3-5(7)6(4-2)9-8/h8H,3-4H2,1-2H3/b6-5-. The molecule has 0 aliphatic heterocycles. The molecule has 9 heavy (non-hydrogen) atoms. The molecule has 0 saturated heterocycles. The molecule has 0 aromatic rings. The molecule has 0 aromatic carbocycles. The molecule has 0 fully saturated rings. The smallest absolute Gasteiger partial charge is 0.151 e. The molecule has 1 N–H and O–H groups in total. The van der Waals surface area contributed by atoms with Crippen molar-refractivity contribution in [3.05, 3.63) is 10.2 Å². The largest absolute Gasteiger partial charge is 0.344 e. The van der Waals surface area contributed by atoms with Crippen molar-refractivity contribution in [2.24, 2.45) is 0 Å². The van der Waals surface area contributed by atoms with E-state index in [9.17, 15) is 0 Å². The van der Waals surface area contributed by atoms with Crippen molar-refractivity contribution in [3.8, 4) is 0 Å². The Hall–Kier alpha value is -0.0200. The molecule has 0 aromatic heterocycles. The van der Waals surface area contributed by atoms with E-state index in [1.165, 1.54) is 0 Å². The Bertz CT molecular complexity index is 104. The Labute approximate surface area is 63.6 Å². The summed E-state index contributed by atoms with van der Waals surface area (Å²) in [6.45, 7) is 3.90. The van der Waals surface area contributed by atoms with Gasteiger partial charge in [0.25, 0.3) is 0 Å². The van der Waals surface area contributed by atoms with Crippen LogP contribution in [0.15, 0.2) is 10.2 Å². The summed E-state index contributed by atoms with van der Waals surface area (Å²) in [4.78, 5) is 4.08. The Kier molecular flexibility index (Phi) is 4.81. The fourth-order valence-corrected chi connectivity index (χ4v) is 0.856. The highest BCUT2D eigenvalue weighted by Crippen LogP contribution is 2.18. The second kappa shape index (κ2) is 4.82. The molecule has 54 valence electrons. The van der Waals surface area contributed by atoms with Crippen molar-refractivity contribution in [2.45, 2.75) is 26.7 Å². The summed E-state index contributed by atoms with van der Waals surface area (Å²) in [5.41, 5.74) is 0. The first-order chi connectivity index (χ1) is 4.26. The third-order valence-electron chi connectivity index (χ3n) is 1.04. The average molecular weight is 195 g/mol. The second-order valence-corrected chi connectivity index (χ2v) is 2.58. The van der Waals surface area contributed by atoms with E-state index in [0.717, 1.165) is 10.9 Å². The Balaban J connectivity index is 4.01. The van der Waals surface area contributed by atoms with Crippen LogP contribution >= 0.6 is 15.9 Å². The molecule has 2 nitrogen and oxygen atoms in total. The molecule has 0 unspecified atom stereocenters. The highest BCUT2D eigenvalue weighted by Gasteiger charge is 1.99. The Morgan fingerprint density at radius 1 is 1.44 bits per heavy atom. The van der Waals surface area contributed by atoms with Gasteiger partial charge in [0.15, 0.2) is 5.76 Å². The minimum Gasteiger partial charge on any atom is -0.344 e. The molecule has 0 aliphatic rings. The van der Waals surface area contributed by atoms with Crippen LogP contribution < -0.4 is 0 Å². The number of hydrogen-bond acceptors (Lipinski definition) is 2. The third kappa shape index (κ3) is 2.87. The highest BCUT2D eigenvalue weighted by atomic mass is 79.9. The van der Waals surface area contributed by atoms with Gasteiger partial charge >= 0.3 is 0 Å². The minimum absolute atomic E-state index is 0.609. The van der Waals surface area contributed by atoms with Crippen LogP contribution in [0.25, 0.3) is 0 Å². The van der Waals surface area contributed by atoms with Crippen molar-refractivity contribution in [2.75, 3.05) is 0 Å². The number of halogens is 1. The topological polar surface area (TPSA) is 29.5 Å². The van der Waals surface area contributed by atoms with Crippen molar-refractivity contribution in [1.82, 2.24) is 0 Å². The molecule has 0 amide bonds. The fraction of sp³-hybridized carbons (Fsp3) is 0.667. The fourth-order valence-electron chi connectivity index (χ4n) is 0.503. The van der Waals surface area contributed by atoms with Gasteiger partial charge in [-0.25, -0.2) is 5.26 Å². The number of allylic oxidation sites excluding steroid dienone is 2. The summed E-state index contributed by atoms with van der Waals surface area (Å²) in [7, 11) is 0. The molecule has 0 radical (unpaired) electrons. The van der Waals surface area contributed by atoms with Crippen LogP contribution in [0.2, 0.25) is 0 Å². The lowest BCUT2D eigenvalue weighted by Gasteiger charge is -2.00. The molecular formula is C6H11BrO2. The maximum Gasteiger partial charge on any atom is 0.151 e. The van der Waals surface area contributed by atoms with Gasteiger partial charge in [-0.2, -0.15) is 0 Å². The highest BCUT2D eigenvalue weighted by molar-refractivity contribution is 9.11. The zero-order valence-electron chi connectivity index (χ0n) is 5.65. The zero-order chi connectivity index (χ0) is 7.28. The van der Waals surface area contributed by atoms with E-state index in [1.807, 2.05) is 13.8 Å². The van der Waals surface area contributed by atoms with Crippen LogP contribution in [0.1, 0.15) is 26.7 Å². The van der Waals surface area contributed by atoms with Crippen LogP contribution in [0.5, 0.6) is 0 Å². The summed E-state index contributed by atoms with van der Waals surface area (Å²) in [6.07, 6.45) is 1.56. The van der Waals surface area contributed by atoms with Gasteiger partial charge < -0.3 is 4.89 Å². The molecule has 0 atom stereocenters. The molecule has 3 heteroatoms. The maximum atomic E-state index is 8.24. The first-order valence-electron chi connectivity index (χ1n) is 2.95. The van der Waals surface area contributed by atoms with E-state index in [1.54, 1.807) is 0 Å². The number of hydrogen-bond donors (Lipinski definition) is 1. The number of rotatable bonds is 3. The van der Waals surface area contributed by atoms with Gasteiger partial charge in [-0.15, -0.1) is 0 Å². The molecule has 0 saturated carbocycles. The Morgan fingerprint density at radius 2 is 2.00 bits per heavy atom. The lowest BCUT2D eigenvalue weighted by Crippen LogP contribution is -1.87. The third-order valence-corrected chi connectivity index (χ3v) is 2.05. The predicted octanol–water partition coefficient (Wildman–Crippen LogP) is 2.90. The van der Waals surface area contributed by atoms with Gasteiger partial charge in [0.1, 0.15) is 0 Å². The van der Waals surface area contributed by atoms with E-state index >= 15 is 0 Å². The van der Waals surface area contributed by atoms with Crippen molar-refractivity contribution < 1.29 is 10.1 Å². The summed E-state index contributed by atoms with van der Waals surface area (Å²) in [5, 5.41) is 8.24. The van der Waals surface area contributed by atoms with Gasteiger partial charge in [-0.05, 0) is 6.42 Å². The van der Waals surface area contributed by atoms with Crippen LogP contribution in [-0.2, 0) is 4.89 Å². The van der Waals surface area contributed by atoms with E-state index in [4.69, 9.17) is 5.26 Å². The molecule has 0 heterocycles. The first-order valence-corrected chi connectivity index (χ1v) is 3.74. The van der Waals surface area contributed by atoms with Gasteiger partial charge in [0.2, 0.25) is 0 Å². The van der Waals surface area contributed by atoms with Gasteiger partial charge in [0, 0.05) is 10.9 Å². The first kappa shape index (κ1) is 8.98. The maximum absolute atomic E-state index is 8.24. The van der Waals surface area contributed by atoms with E-state index in [2.05, 4.69) is 20.8 Å². The summed E-state index contributed by atoms with van der Waals surface area (Å²) < 4.78 is 0.924. The van der Waals surface area contributed by atoms with Crippen molar-refractivity contribution in [1.29, 1.82) is 0 Å². The van der Waals surface area contributed by atoms with Gasteiger partial charge in [0.05, 0.1) is 0 Å². The van der Waals surface area contributed by atoms with Crippen LogP contribution in [0, 0.1) is 0 Å². The molecule has 0 aliphatic carbocycles. The quantitative estimate of drug-likeness (QED) is 0.426. The Morgan fingerprint density at radius 3 is 2.11 bits per heavy atom. The molecule has 0 spiro atoms. The SMILES string of the molecule is CC/C(Br)=C(\CC)OO. The zero-order valence-corrected chi connectivity index (χ0v) is 7.23. The normalized spacial score (nSPS) is 12.9. The summed E-state index contributed by atoms with van der Waals surface area (Å²) >= 11 is 3.26. The van der Waals surface area contributed by atoms with Crippen LogP contribution in [-0.4, -0.2) is 5.26 Å². The lowest BCUT2D eigenvalue weighted by molar-refractivity contribution is -0.205. The molecule has 0 rings (SSSR count). The second-order valence-electron chi connectivity index (χ2n) is 1.63. The van der Waals surface area contributed by atoms with Gasteiger partial charge in [-0.3, -0.25) is 0 Å². The van der Waals surface area contributed by atoms with E-state index in [0.29, 0.717) is 12.2 Å². The van der Waals surface area contributed by atoms with E-state index < -0.39 is 0 Å². The monoisotopic (exact) mass is 194 g/mol. The van der Waals surface area contributed by atoms with Gasteiger partial charge in [-0.1, -0.05) is 29.8 Å². The lowest BCUT2D eigenvalue weighted by atomic mass is 10.3. The van der Waals surface area contributed by atoms with Crippen LogP contribution in [0.4, 0.5) is 0 Å². The van der Waals surface area contributed by atoms with Crippen molar-refractivity contribution in [3.63, 3.8) is 0 Å². The van der Waals surface area contributed by atoms with Crippen LogP contribution in [0.3, 0.4) is 0 Å².